The largest absolute Gasteiger partial charge is 0.480 e. The minimum Gasteiger partial charge on any atom is -0.480 e. The number of ether oxygens (including phenoxy) is 4. The average molecular weight is 650 g/mol. The number of amidine groups is 1. The molecule has 1 saturated carbocycles. The van der Waals surface area contributed by atoms with Gasteiger partial charge in [0, 0.05) is 43.4 Å². The van der Waals surface area contributed by atoms with E-state index < -0.39 is 23.3 Å². The molecule has 11 nitrogen and oxygen atoms in total. The van der Waals surface area contributed by atoms with Crippen molar-refractivity contribution in [3.63, 3.8) is 0 Å². The number of piperazine rings is 1. The van der Waals surface area contributed by atoms with Gasteiger partial charge in [0.15, 0.2) is 23.7 Å². The van der Waals surface area contributed by atoms with E-state index in [-0.39, 0.29) is 53.9 Å². The standard InChI is InChI=1S/C30H37ClFN5O6S/c1-30(2,3)43-29(39)37-10-9-33-17(14-37)8-11-41-27-22-25(35-28(44-5)36-26(22)38)23(32)24(34-27)19-12-18(42-15-40-4)13-20(31)21(19)16-6-7-16/h12-13,16-17,22,33H,6-11,14-15H2,1-5H3/t17-,22?/m0/s1. The van der Waals surface area contributed by atoms with E-state index in [0.717, 1.165) is 30.2 Å². The maximum Gasteiger partial charge on any atom is 0.410 e. The molecule has 1 N–H and O–H groups in total. The Morgan fingerprint density at radius 1 is 1.20 bits per heavy atom. The minimum atomic E-state index is -1.21. The van der Waals surface area contributed by atoms with Crippen LogP contribution in [0.3, 0.4) is 0 Å². The number of aliphatic imine (C=N–C) groups is 3. The molecule has 3 aliphatic heterocycles. The molecule has 4 aliphatic rings. The number of halogens is 2. The fourth-order valence-electron chi connectivity index (χ4n) is 5.20. The number of carbonyl (C=O) groups excluding carboxylic acids is 2. The van der Waals surface area contributed by atoms with Gasteiger partial charge in [-0.2, -0.15) is 4.99 Å². The number of methoxy groups -OCH3 is 1. The Hall–Kier alpha value is -3.00. The molecule has 14 heteroatoms. The molecular formula is C30H37ClFN5O6S. The summed E-state index contributed by atoms with van der Waals surface area (Å²) in [7, 11) is 1.50. The fraction of sp³-hybridized carbons (Fsp3) is 0.567. The number of nitrogens with one attached hydrogen (secondary N) is 1. The third kappa shape index (κ3) is 7.44. The third-order valence-corrected chi connectivity index (χ3v) is 8.20. The second-order valence-corrected chi connectivity index (χ2v) is 13.1. The van der Waals surface area contributed by atoms with Crippen LogP contribution in [-0.2, 0) is 19.0 Å². The van der Waals surface area contributed by atoms with Crippen LogP contribution in [0.2, 0.25) is 5.02 Å². The lowest BCUT2D eigenvalue weighted by Crippen LogP contribution is -2.53. The van der Waals surface area contributed by atoms with Gasteiger partial charge in [0.05, 0.1) is 6.61 Å². The van der Waals surface area contributed by atoms with Crippen molar-refractivity contribution in [1.29, 1.82) is 0 Å². The number of rotatable bonds is 8. The zero-order valence-corrected chi connectivity index (χ0v) is 27.0. The Morgan fingerprint density at radius 2 is 1.98 bits per heavy atom. The van der Waals surface area contributed by atoms with Crippen molar-refractivity contribution in [2.24, 2.45) is 20.9 Å². The van der Waals surface area contributed by atoms with Crippen LogP contribution in [0, 0.1) is 5.92 Å². The monoisotopic (exact) mass is 649 g/mol. The zero-order valence-electron chi connectivity index (χ0n) is 25.4. The van der Waals surface area contributed by atoms with Gasteiger partial charge in [-0.1, -0.05) is 23.4 Å². The van der Waals surface area contributed by atoms with E-state index in [2.05, 4.69) is 20.3 Å². The summed E-state index contributed by atoms with van der Waals surface area (Å²) in [4.78, 5) is 40.4. The fourth-order valence-corrected chi connectivity index (χ4v) is 5.93. The predicted molar refractivity (Wildman–Crippen MR) is 168 cm³/mol. The highest BCUT2D eigenvalue weighted by molar-refractivity contribution is 8.13. The summed E-state index contributed by atoms with van der Waals surface area (Å²) in [5.41, 5.74) is 0.502. The van der Waals surface area contributed by atoms with Gasteiger partial charge in [0.1, 0.15) is 22.8 Å². The molecule has 0 spiro atoms. The number of allylic oxidation sites excluding steroid dienone is 1. The smallest absolute Gasteiger partial charge is 0.410 e. The lowest BCUT2D eigenvalue weighted by atomic mass is 9.92. The molecule has 1 aromatic carbocycles. The van der Waals surface area contributed by atoms with Crippen molar-refractivity contribution in [3.8, 4) is 5.75 Å². The van der Waals surface area contributed by atoms with Gasteiger partial charge in [-0.3, -0.25) is 4.79 Å². The van der Waals surface area contributed by atoms with E-state index in [1.807, 2.05) is 20.8 Å². The Morgan fingerprint density at radius 3 is 2.66 bits per heavy atom. The first-order chi connectivity index (χ1) is 21.0. The second kappa shape index (κ2) is 13.6. The van der Waals surface area contributed by atoms with Crippen molar-refractivity contribution in [1.82, 2.24) is 10.2 Å². The maximum absolute atomic E-state index is 16.4. The molecular weight excluding hydrogens is 613 g/mol. The molecule has 0 bridgehead atoms. The highest BCUT2D eigenvalue weighted by Crippen LogP contribution is 2.49. The average Bonchev–Trinajstić information content (AvgIpc) is 3.81. The Bertz CT molecular complexity index is 1440. The number of benzene rings is 1. The third-order valence-electron chi connectivity index (χ3n) is 7.34. The summed E-state index contributed by atoms with van der Waals surface area (Å²) in [6.07, 6.45) is 3.66. The van der Waals surface area contributed by atoms with E-state index in [4.69, 9.17) is 30.5 Å². The van der Waals surface area contributed by atoms with Crippen LogP contribution in [0.25, 0.3) is 5.70 Å². The van der Waals surface area contributed by atoms with Gasteiger partial charge >= 0.3 is 6.09 Å². The lowest BCUT2D eigenvalue weighted by molar-refractivity contribution is -0.118. The Balaban J connectivity index is 1.42. The second-order valence-electron chi connectivity index (χ2n) is 11.9. The summed E-state index contributed by atoms with van der Waals surface area (Å²) in [6, 6.07) is 3.28. The van der Waals surface area contributed by atoms with E-state index in [1.54, 1.807) is 23.3 Å². The molecule has 44 heavy (non-hydrogen) atoms. The van der Waals surface area contributed by atoms with Crippen molar-refractivity contribution in [2.75, 3.05) is 46.4 Å². The van der Waals surface area contributed by atoms with Crippen LogP contribution in [0.15, 0.2) is 32.9 Å². The summed E-state index contributed by atoms with van der Waals surface area (Å²) in [5, 5.41) is 3.98. The molecule has 1 unspecified atom stereocenters. The molecule has 3 heterocycles. The molecule has 0 aromatic heterocycles. The molecule has 1 saturated heterocycles. The first kappa shape index (κ1) is 32.4. The van der Waals surface area contributed by atoms with Crippen molar-refractivity contribution < 1.29 is 32.9 Å². The number of amides is 2. The van der Waals surface area contributed by atoms with Crippen LogP contribution in [0.5, 0.6) is 5.75 Å². The van der Waals surface area contributed by atoms with Gasteiger partial charge in [0.25, 0.3) is 5.91 Å². The molecule has 0 radical (unpaired) electrons. The quantitative estimate of drug-likeness (QED) is 0.382. The highest BCUT2D eigenvalue weighted by Gasteiger charge is 2.43. The normalized spacial score (nSPS) is 22.2. The minimum absolute atomic E-state index is 0.00921. The number of hydrogen-bond acceptors (Lipinski definition) is 10. The molecule has 1 aliphatic carbocycles. The maximum atomic E-state index is 16.4. The number of thioether (sulfide) groups is 1. The van der Waals surface area contributed by atoms with Crippen LogP contribution < -0.4 is 10.1 Å². The lowest BCUT2D eigenvalue weighted by Gasteiger charge is -2.35. The summed E-state index contributed by atoms with van der Waals surface area (Å²) >= 11 is 7.85. The van der Waals surface area contributed by atoms with E-state index in [0.29, 0.717) is 42.4 Å². The highest BCUT2D eigenvalue weighted by atomic mass is 35.5. The Labute approximate surface area is 265 Å². The van der Waals surface area contributed by atoms with Gasteiger partial charge < -0.3 is 29.2 Å². The van der Waals surface area contributed by atoms with Crippen molar-refractivity contribution in [2.45, 2.75) is 57.6 Å². The predicted octanol–water partition coefficient (Wildman–Crippen LogP) is 5.18. The van der Waals surface area contributed by atoms with E-state index in [1.165, 1.54) is 7.11 Å². The Kier molecular flexibility index (Phi) is 9.98. The van der Waals surface area contributed by atoms with Gasteiger partial charge in [-0.25, -0.2) is 19.2 Å². The topological polar surface area (TPSA) is 123 Å². The molecule has 2 amide bonds. The molecule has 2 fully saturated rings. The molecule has 238 valence electrons. The summed E-state index contributed by atoms with van der Waals surface area (Å²) in [5.74, 6) is -2.00. The van der Waals surface area contributed by atoms with Crippen LogP contribution in [0.1, 0.15) is 57.1 Å². The number of nitrogens with zero attached hydrogens (tertiary/aromatic N) is 4. The van der Waals surface area contributed by atoms with Crippen LogP contribution in [0.4, 0.5) is 9.18 Å². The number of hydrogen-bond donors (Lipinski definition) is 1. The number of carbonyl (C=O) groups is 2. The van der Waals surface area contributed by atoms with Gasteiger partial charge in [-0.15, -0.1) is 0 Å². The van der Waals surface area contributed by atoms with Crippen LogP contribution >= 0.6 is 23.4 Å². The summed E-state index contributed by atoms with van der Waals surface area (Å²) < 4.78 is 38.7. The van der Waals surface area contributed by atoms with E-state index in [9.17, 15) is 9.59 Å². The van der Waals surface area contributed by atoms with E-state index >= 15 is 4.39 Å². The number of fused-ring (bicyclic) bond motifs is 1. The van der Waals surface area contributed by atoms with Crippen molar-refractivity contribution in [3.05, 3.63) is 34.1 Å². The first-order valence-electron chi connectivity index (χ1n) is 14.5. The summed E-state index contributed by atoms with van der Waals surface area (Å²) in [6.45, 7) is 7.17. The SMILES string of the molecule is COCOc1cc(Cl)c(C2CC2)c(C2=C(F)C3=NC(SC)=NC(=O)C3C(OCC[C@H]3CN(C(=O)OC(C)(C)C)CCN3)=N2)c1. The molecule has 5 rings (SSSR count). The molecule has 1 aromatic rings. The zero-order chi connectivity index (χ0) is 31.6. The van der Waals surface area contributed by atoms with Crippen LogP contribution in [-0.4, -0.2) is 91.7 Å². The van der Waals surface area contributed by atoms with Gasteiger partial charge in [-0.05, 0) is 69.9 Å². The van der Waals surface area contributed by atoms with Crippen molar-refractivity contribution >= 4 is 57.8 Å². The molecule has 2 atom stereocenters. The van der Waals surface area contributed by atoms with Gasteiger partial charge in [0.2, 0.25) is 5.90 Å². The first-order valence-corrected chi connectivity index (χ1v) is 16.1.